The number of anilines is 1. The van der Waals surface area contributed by atoms with Crippen LogP contribution < -0.4 is 10.1 Å². The predicted molar refractivity (Wildman–Crippen MR) is 112 cm³/mol. The third kappa shape index (κ3) is 4.32. The van der Waals surface area contributed by atoms with Gasteiger partial charge in [0.1, 0.15) is 11.6 Å². The molecule has 2 aromatic heterocycles. The summed E-state index contributed by atoms with van der Waals surface area (Å²) < 4.78 is 6.89. The summed E-state index contributed by atoms with van der Waals surface area (Å²) in [5.74, 6) is 1.25. The summed E-state index contributed by atoms with van der Waals surface area (Å²) in [5.41, 5.74) is 3.39. The van der Waals surface area contributed by atoms with Crippen molar-refractivity contribution in [3.05, 3.63) is 90.8 Å². The Hall–Kier alpha value is -3.93. The lowest BCUT2D eigenvalue weighted by Crippen LogP contribution is -2.17. The van der Waals surface area contributed by atoms with E-state index >= 15 is 0 Å². The maximum Gasteiger partial charge on any atom is 0.229 e. The monoisotopic (exact) mass is 384 g/mol. The fraction of sp³-hybridized carbons (Fsp3) is 0.0870. The number of methoxy groups -OCH3 is 1. The summed E-state index contributed by atoms with van der Waals surface area (Å²) >= 11 is 0. The molecule has 4 aromatic rings. The van der Waals surface area contributed by atoms with Crippen LogP contribution in [-0.4, -0.2) is 27.8 Å². The van der Waals surface area contributed by atoms with Crippen molar-refractivity contribution < 1.29 is 9.53 Å². The lowest BCUT2D eigenvalue weighted by molar-refractivity contribution is -0.115. The molecule has 0 aliphatic heterocycles. The highest BCUT2D eigenvalue weighted by atomic mass is 16.5. The first-order chi connectivity index (χ1) is 14.2. The Morgan fingerprint density at radius 2 is 1.83 bits per heavy atom. The van der Waals surface area contributed by atoms with Crippen LogP contribution in [0.3, 0.4) is 0 Å². The number of hydrogen-bond donors (Lipinski definition) is 1. The number of nitrogens with zero attached hydrogens (tertiary/aromatic N) is 3. The number of rotatable bonds is 6. The Morgan fingerprint density at radius 1 is 1.03 bits per heavy atom. The number of amides is 1. The van der Waals surface area contributed by atoms with Crippen LogP contribution in [0.2, 0.25) is 0 Å². The molecule has 0 fully saturated rings. The molecule has 0 aliphatic rings. The third-order valence-electron chi connectivity index (χ3n) is 4.46. The Kier molecular flexibility index (Phi) is 5.33. The zero-order valence-corrected chi connectivity index (χ0v) is 15.9. The average Bonchev–Trinajstić information content (AvgIpc) is 3.19. The van der Waals surface area contributed by atoms with Gasteiger partial charge in [-0.15, -0.1) is 0 Å². The van der Waals surface area contributed by atoms with Crippen molar-refractivity contribution in [2.45, 2.75) is 6.42 Å². The van der Waals surface area contributed by atoms with Crippen LogP contribution in [0.15, 0.2) is 85.2 Å². The maximum absolute atomic E-state index is 12.7. The Bertz CT molecular complexity index is 1090. The van der Waals surface area contributed by atoms with E-state index in [1.807, 2.05) is 72.8 Å². The summed E-state index contributed by atoms with van der Waals surface area (Å²) in [6, 6.07) is 22.8. The van der Waals surface area contributed by atoms with E-state index in [2.05, 4.69) is 15.4 Å². The lowest BCUT2D eigenvalue weighted by Gasteiger charge is -2.09. The van der Waals surface area contributed by atoms with E-state index in [-0.39, 0.29) is 12.3 Å². The minimum atomic E-state index is -0.120. The molecule has 144 valence electrons. The van der Waals surface area contributed by atoms with Crippen molar-refractivity contribution in [2.75, 3.05) is 12.4 Å². The molecule has 0 atom stereocenters. The molecule has 0 saturated heterocycles. The number of carbonyl (C=O) groups excluding carboxylic acids is 1. The van der Waals surface area contributed by atoms with E-state index < -0.39 is 0 Å². The minimum absolute atomic E-state index is 0.120. The summed E-state index contributed by atoms with van der Waals surface area (Å²) in [5, 5.41) is 7.67. The molecule has 29 heavy (non-hydrogen) atoms. The van der Waals surface area contributed by atoms with Crippen LogP contribution in [0, 0.1) is 0 Å². The Morgan fingerprint density at radius 3 is 2.52 bits per heavy atom. The average molecular weight is 384 g/mol. The minimum Gasteiger partial charge on any atom is -0.497 e. The van der Waals surface area contributed by atoms with E-state index in [0.717, 1.165) is 28.3 Å². The maximum atomic E-state index is 12.7. The van der Waals surface area contributed by atoms with Crippen molar-refractivity contribution in [1.29, 1.82) is 0 Å². The number of carbonyl (C=O) groups is 1. The molecule has 6 nitrogen and oxygen atoms in total. The fourth-order valence-electron chi connectivity index (χ4n) is 3.01. The summed E-state index contributed by atoms with van der Waals surface area (Å²) in [6.07, 6.45) is 3.72. The van der Waals surface area contributed by atoms with Crippen molar-refractivity contribution >= 4 is 11.7 Å². The molecule has 0 aliphatic carbocycles. The number of pyridine rings is 1. The van der Waals surface area contributed by atoms with Gasteiger partial charge < -0.3 is 10.1 Å². The van der Waals surface area contributed by atoms with Crippen molar-refractivity contribution in [3.8, 4) is 22.7 Å². The summed E-state index contributed by atoms with van der Waals surface area (Å²) in [4.78, 5) is 16.8. The van der Waals surface area contributed by atoms with Gasteiger partial charge in [0.15, 0.2) is 0 Å². The third-order valence-corrected chi connectivity index (χ3v) is 4.46. The second-order valence-corrected chi connectivity index (χ2v) is 6.48. The smallest absolute Gasteiger partial charge is 0.229 e. The summed E-state index contributed by atoms with van der Waals surface area (Å²) in [6.45, 7) is 0. The van der Waals surface area contributed by atoms with Gasteiger partial charge in [-0.05, 0) is 42.0 Å². The first kappa shape index (κ1) is 18.4. The van der Waals surface area contributed by atoms with Crippen LogP contribution in [0.1, 0.15) is 5.56 Å². The fourth-order valence-corrected chi connectivity index (χ4v) is 3.01. The quantitative estimate of drug-likeness (QED) is 0.543. The number of aromatic nitrogens is 3. The van der Waals surface area contributed by atoms with Gasteiger partial charge in [0.2, 0.25) is 5.91 Å². The molecule has 0 unspecified atom stereocenters. The van der Waals surface area contributed by atoms with E-state index in [4.69, 9.17) is 4.74 Å². The lowest BCUT2D eigenvalue weighted by atomic mass is 10.1. The number of para-hydroxylation sites is 1. The van der Waals surface area contributed by atoms with Crippen LogP contribution in [-0.2, 0) is 11.2 Å². The molecule has 0 radical (unpaired) electrons. The van der Waals surface area contributed by atoms with Gasteiger partial charge in [-0.25, -0.2) is 4.68 Å². The van der Waals surface area contributed by atoms with Gasteiger partial charge >= 0.3 is 0 Å². The molecule has 1 amide bonds. The van der Waals surface area contributed by atoms with Crippen molar-refractivity contribution in [3.63, 3.8) is 0 Å². The standard InChI is InChI=1S/C23H20N4O2/c1-29-20-11-9-17(10-12-20)14-23(28)25-22-15-21(18-6-5-13-24-16-18)26-27(22)19-7-3-2-4-8-19/h2-13,15-16H,14H2,1H3,(H,25,28). The van der Waals surface area contributed by atoms with E-state index in [1.165, 1.54) is 0 Å². The highest BCUT2D eigenvalue weighted by Gasteiger charge is 2.14. The second kappa shape index (κ2) is 8.39. The number of ether oxygens (including phenoxy) is 1. The molecule has 0 spiro atoms. The Labute approximate surface area is 168 Å². The second-order valence-electron chi connectivity index (χ2n) is 6.48. The van der Waals surface area contributed by atoms with Gasteiger partial charge in [-0.3, -0.25) is 9.78 Å². The van der Waals surface area contributed by atoms with Crippen LogP contribution in [0.4, 0.5) is 5.82 Å². The van der Waals surface area contributed by atoms with Gasteiger partial charge in [0.05, 0.1) is 24.9 Å². The SMILES string of the molecule is COc1ccc(CC(=O)Nc2cc(-c3cccnc3)nn2-c2ccccc2)cc1. The van der Waals surface area contributed by atoms with E-state index in [1.54, 1.807) is 24.2 Å². The topological polar surface area (TPSA) is 69.0 Å². The molecule has 2 heterocycles. The van der Waals surface area contributed by atoms with Crippen LogP contribution >= 0.6 is 0 Å². The molecule has 6 heteroatoms. The number of benzene rings is 2. The highest BCUT2D eigenvalue weighted by molar-refractivity contribution is 5.92. The first-order valence-corrected chi connectivity index (χ1v) is 9.21. The zero-order valence-electron chi connectivity index (χ0n) is 15.9. The van der Waals surface area contributed by atoms with Crippen LogP contribution in [0.25, 0.3) is 16.9 Å². The Balaban J connectivity index is 1.61. The normalized spacial score (nSPS) is 10.5. The summed E-state index contributed by atoms with van der Waals surface area (Å²) in [7, 11) is 1.62. The van der Waals surface area contributed by atoms with Gasteiger partial charge in [-0.2, -0.15) is 5.10 Å². The molecular formula is C23H20N4O2. The number of nitrogens with one attached hydrogen (secondary N) is 1. The largest absolute Gasteiger partial charge is 0.497 e. The van der Waals surface area contributed by atoms with Gasteiger partial charge in [0.25, 0.3) is 0 Å². The first-order valence-electron chi connectivity index (χ1n) is 9.21. The van der Waals surface area contributed by atoms with E-state index in [9.17, 15) is 4.79 Å². The molecule has 0 bridgehead atoms. The van der Waals surface area contributed by atoms with Crippen molar-refractivity contribution in [1.82, 2.24) is 14.8 Å². The highest BCUT2D eigenvalue weighted by Crippen LogP contribution is 2.24. The van der Waals surface area contributed by atoms with Gasteiger partial charge in [0, 0.05) is 24.0 Å². The predicted octanol–water partition coefficient (Wildman–Crippen LogP) is 4.12. The van der Waals surface area contributed by atoms with Crippen LogP contribution in [0.5, 0.6) is 5.75 Å². The van der Waals surface area contributed by atoms with Gasteiger partial charge in [-0.1, -0.05) is 30.3 Å². The molecule has 4 rings (SSSR count). The van der Waals surface area contributed by atoms with Crippen molar-refractivity contribution in [2.24, 2.45) is 0 Å². The zero-order chi connectivity index (χ0) is 20.1. The molecule has 1 N–H and O–H groups in total. The molecular weight excluding hydrogens is 364 g/mol. The van der Waals surface area contributed by atoms with E-state index in [0.29, 0.717) is 5.82 Å². The molecule has 2 aromatic carbocycles. The molecule has 0 saturated carbocycles. The number of hydrogen-bond acceptors (Lipinski definition) is 4.